The van der Waals surface area contributed by atoms with Gasteiger partial charge in [-0.2, -0.15) is 0 Å². The molecule has 0 aliphatic carbocycles. The maximum atomic E-state index is 6.21. The normalized spacial score (nSPS) is 18.1. The van der Waals surface area contributed by atoms with Crippen LogP contribution in [0.2, 0.25) is 5.02 Å². The molecule has 1 N–H and O–H groups in total. The monoisotopic (exact) mass is 243 g/mol. The van der Waals surface area contributed by atoms with Crippen LogP contribution in [0.1, 0.15) is 28.3 Å². The summed E-state index contributed by atoms with van der Waals surface area (Å²) < 4.78 is 0. The molecule has 0 radical (unpaired) electrons. The lowest BCUT2D eigenvalue weighted by Gasteiger charge is -2.13. The van der Waals surface area contributed by atoms with Crippen LogP contribution in [-0.4, -0.2) is 0 Å². The first-order valence-corrected chi connectivity index (χ1v) is 6.21. The summed E-state index contributed by atoms with van der Waals surface area (Å²) in [5.74, 6) is 0. The maximum Gasteiger partial charge on any atom is 0.0583 e. The first-order chi connectivity index (χ1) is 8.25. The van der Waals surface area contributed by atoms with E-state index in [-0.39, 0.29) is 6.04 Å². The second kappa shape index (κ2) is 4.17. The van der Waals surface area contributed by atoms with Gasteiger partial charge < -0.3 is 5.32 Å². The number of fused-ring (bicyclic) bond motifs is 1. The Kier molecular flexibility index (Phi) is 2.65. The zero-order valence-electron chi connectivity index (χ0n) is 9.70. The van der Waals surface area contributed by atoms with Crippen molar-refractivity contribution >= 4 is 11.6 Å². The highest BCUT2D eigenvalue weighted by atomic mass is 35.5. The van der Waals surface area contributed by atoms with Gasteiger partial charge in [0.25, 0.3) is 0 Å². The van der Waals surface area contributed by atoms with Gasteiger partial charge in [0.2, 0.25) is 0 Å². The number of nitrogens with one attached hydrogen (secondary N) is 1. The molecule has 0 spiro atoms. The molecular formula is C15H14ClN. The number of benzene rings is 2. The van der Waals surface area contributed by atoms with Crippen LogP contribution in [0.15, 0.2) is 42.5 Å². The van der Waals surface area contributed by atoms with Gasteiger partial charge in [-0.3, -0.25) is 0 Å². The Morgan fingerprint density at radius 3 is 2.82 bits per heavy atom. The van der Waals surface area contributed by atoms with Crippen LogP contribution in [0.4, 0.5) is 0 Å². The lowest BCUT2D eigenvalue weighted by Crippen LogP contribution is -2.13. The molecule has 1 atom stereocenters. The summed E-state index contributed by atoms with van der Waals surface area (Å²) in [6.45, 7) is 2.98. The summed E-state index contributed by atoms with van der Waals surface area (Å²) in [6.07, 6.45) is 0. The summed E-state index contributed by atoms with van der Waals surface area (Å²) in [5, 5.41) is 4.39. The Hall–Kier alpha value is -1.31. The molecule has 17 heavy (non-hydrogen) atoms. The highest BCUT2D eigenvalue weighted by Crippen LogP contribution is 2.34. The fourth-order valence-corrected chi connectivity index (χ4v) is 2.74. The predicted molar refractivity (Wildman–Crippen MR) is 71.3 cm³/mol. The van der Waals surface area contributed by atoms with Crippen molar-refractivity contribution < 1.29 is 0 Å². The van der Waals surface area contributed by atoms with Crippen LogP contribution in [0.5, 0.6) is 0 Å². The minimum atomic E-state index is 0.281. The maximum absolute atomic E-state index is 6.21. The van der Waals surface area contributed by atoms with Crippen molar-refractivity contribution in [1.82, 2.24) is 5.32 Å². The molecule has 1 aliphatic rings. The average Bonchev–Trinajstić information content (AvgIpc) is 2.74. The Balaban J connectivity index is 2.07. The first-order valence-electron chi connectivity index (χ1n) is 5.83. The first kappa shape index (κ1) is 10.8. The zero-order chi connectivity index (χ0) is 11.8. The summed E-state index contributed by atoms with van der Waals surface area (Å²) in [4.78, 5) is 0. The van der Waals surface area contributed by atoms with E-state index in [9.17, 15) is 0 Å². The van der Waals surface area contributed by atoms with Crippen molar-refractivity contribution in [2.24, 2.45) is 0 Å². The molecule has 1 heterocycles. The van der Waals surface area contributed by atoms with E-state index in [0.717, 1.165) is 11.6 Å². The van der Waals surface area contributed by atoms with E-state index in [1.165, 1.54) is 22.3 Å². The summed E-state index contributed by atoms with van der Waals surface area (Å²) in [7, 11) is 0. The lowest BCUT2D eigenvalue weighted by molar-refractivity contribution is 0.667. The summed E-state index contributed by atoms with van der Waals surface area (Å²) in [5.41, 5.74) is 5.15. The van der Waals surface area contributed by atoms with Crippen molar-refractivity contribution in [1.29, 1.82) is 0 Å². The van der Waals surface area contributed by atoms with Crippen LogP contribution in [0.3, 0.4) is 0 Å². The molecule has 3 rings (SSSR count). The second-order valence-corrected chi connectivity index (χ2v) is 4.94. The summed E-state index contributed by atoms with van der Waals surface area (Å²) in [6, 6.07) is 15.1. The molecule has 0 saturated heterocycles. The number of hydrogen-bond acceptors (Lipinski definition) is 1. The van der Waals surface area contributed by atoms with Gasteiger partial charge in [0, 0.05) is 11.6 Å². The van der Waals surface area contributed by atoms with E-state index in [4.69, 9.17) is 11.6 Å². The molecule has 0 fully saturated rings. The Labute approximate surface area is 106 Å². The molecule has 0 amide bonds. The molecule has 0 aromatic heterocycles. The minimum Gasteiger partial charge on any atom is -0.302 e. The third-order valence-corrected chi connectivity index (χ3v) is 3.68. The van der Waals surface area contributed by atoms with Gasteiger partial charge in [-0.25, -0.2) is 0 Å². The molecule has 1 nitrogen and oxygen atoms in total. The smallest absolute Gasteiger partial charge is 0.0583 e. The highest BCUT2D eigenvalue weighted by molar-refractivity contribution is 6.31. The van der Waals surface area contributed by atoms with Crippen LogP contribution >= 0.6 is 11.6 Å². The molecule has 2 aromatic rings. The Morgan fingerprint density at radius 2 is 2.00 bits per heavy atom. The second-order valence-electron chi connectivity index (χ2n) is 4.54. The van der Waals surface area contributed by atoms with E-state index in [1.807, 2.05) is 12.1 Å². The molecule has 86 valence electrons. The number of rotatable bonds is 1. The van der Waals surface area contributed by atoms with Gasteiger partial charge in [0.15, 0.2) is 0 Å². The van der Waals surface area contributed by atoms with Crippen molar-refractivity contribution in [2.75, 3.05) is 0 Å². The minimum absolute atomic E-state index is 0.281. The van der Waals surface area contributed by atoms with Crippen molar-refractivity contribution in [3.63, 3.8) is 0 Å². The average molecular weight is 244 g/mol. The van der Waals surface area contributed by atoms with Crippen molar-refractivity contribution in [2.45, 2.75) is 19.5 Å². The topological polar surface area (TPSA) is 12.0 Å². The fourth-order valence-electron chi connectivity index (χ4n) is 2.49. The molecule has 1 unspecified atom stereocenters. The number of hydrogen-bond donors (Lipinski definition) is 1. The third-order valence-electron chi connectivity index (χ3n) is 3.32. The van der Waals surface area contributed by atoms with Crippen LogP contribution < -0.4 is 5.32 Å². The number of aryl methyl sites for hydroxylation is 1. The molecule has 1 aliphatic heterocycles. The fraction of sp³-hybridized carbons (Fsp3) is 0.200. The molecular weight excluding hydrogens is 230 g/mol. The van der Waals surface area contributed by atoms with Gasteiger partial charge in [0.1, 0.15) is 0 Å². The number of halogens is 1. The van der Waals surface area contributed by atoms with E-state index in [0.29, 0.717) is 0 Å². The predicted octanol–water partition coefficient (Wildman–Crippen LogP) is 3.84. The zero-order valence-corrected chi connectivity index (χ0v) is 10.5. The van der Waals surface area contributed by atoms with Crippen molar-refractivity contribution in [3.8, 4) is 0 Å². The van der Waals surface area contributed by atoms with E-state index in [2.05, 4.69) is 42.6 Å². The Morgan fingerprint density at radius 1 is 1.18 bits per heavy atom. The van der Waals surface area contributed by atoms with Gasteiger partial charge in [0.05, 0.1) is 6.04 Å². The van der Waals surface area contributed by atoms with Crippen molar-refractivity contribution in [3.05, 3.63) is 69.7 Å². The quantitative estimate of drug-likeness (QED) is 0.803. The van der Waals surface area contributed by atoms with Gasteiger partial charge in [-0.15, -0.1) is 0 Å². The molecule has 0 bridgehead atoms. The standard InChI is InChI=1S/C15H14ClN/c1-10-4-2-5-11(8-10)15-12-6-3-7-14(16)13(12)9-17-15/h2-8,15,17H,9H2,1H3. The highest BCUT2D eigenvalue weighted by Gasteiger charge is 2.24. The van der Waals surface area contributed by atoms with Gasteiger partial charge >= 0.3 is 0 Å². The van der Waals surface area contributed by atoms with Crippen LogP contribution in [0.25, 0.3) is 0 Å². The molecule has 0 saturated carbocycles. The van der Waals surface area contributed by atoms with Crippen LogP contribution in [-0.2, 0) is 6.54 Å². The molecule has 2 aromatic carbocycles. The van der Waals surface area contributed by atoms with Gasteiger partial charge in [-0.05, 0) is 29.7 Å². The third kappa shape index (κ3) is 1.86. The van der Waals surface area contributed by atoms with E-state index in [1.54, 1.807) is 0 Å². The SMILES string of the molecule is Cc1cccc(C2NCc3c(Cl)cccc32)c1. The molecule has 2 heteroatoms. The van der Waals surface area contributed by atoms with E-state index < -0.39 is 0 Å². The van der Waals surface area contributed by atoms with Gasteiger partial charge in [-0.1, -0.05) is 53.6 Å². The van der Waals surface area contributed by atoms with Crippen LogP contribution in [0, 0.1) is 6.92 Å². The van der Waals surface area contributed by atoms with E-state index >= 15 is 0 Å². The largest absolute Gasteiger partial charge is 0.302 e. The Bertz CT molecular complexity index is 563. The lowest BCUT2D eigenvalue weighted by atomic mass is 9.97. The summed E-state index contributed by atoms with van der Waals surface area (Å²) >= 11 is 6.21.